The van der Waals surface area contributed by atoms with Gasteiger partial charge in [0.05, 0.1) is 11.7 Å². The van der Waals surface area contributed by atoms with E-state index in [0.717, 1.165) is 42.8 Å². The summed E-state index contributed by atoms with van der Waals surface area (Å²) in [4.78, 5) is 41.0. The van der Waals surface area contributed by atoms with Gasteiger partial charge in [-0.15, -0.1) is 0 Å². The standard InChI is InChI=1S/C28H26N10O/c1-18-15-19(7-8-22(18)36-13-11-35(2)12-14-36)32-28-31-16-21-25(34-28)33-26-20-5-3-4-6-23(20)37(38(26)27(21)39)24-17-29-9-10-30-24/h3-10,15-17H,11-14H2,1-2H3,(H,31,32,34). The van der Waals surface area contributed by atoms with E-state index in [4.69, 9.17) is 4.98 Å². The highest BCUT2D eigenvalue weighted by atomic mass is 16.1. The molecule has 1 fully saturated rings. The van der Waals surface area contributed by atoms with Gasteiger partial charge in [-0.3, -0.25) is 9.78 Å². The highest BCUT2D eigenvalue weighted by Gasteiger charge is 2.19. The summed E-state index contributed by atoms with van der Waals surface area (Å²) in [6.45, 7) is 6.26. The van der Waals surface area contributed by atoms with Gasteiger partial charge in [0.2, 0.25) is 5.95 Å². The number of para-hydroxylation sites is 1. The zero-order chi connectivity index (χ0) is 26.5. The zero-order valence-electron chi connectivity index (χ0n) is 21.6. The van der Waals surface area contributed by atoms with Crippen molar-refractivity contribution in [1.82, 2.24) is 39.0 Å². The van der Waals surface area contributed by atoms with Crippen molar-refractivity contribution in [2.75, 3.05) is 43.4 Å². The van der Waals surface area contributed by atoms with Crippen LogP contribution < -0.4 is 15.8 Å². The van der Waals surface area contributed by atoms with Gasteiger partial charge in [0.25, 0.3) is 5.56 Å². The van der Waals surface area contributed by atoms with Crippen molar-refractivity contribution >= 4 is 44.9 Å². The van der Waals surface area contributed by atoms with Crippen molar-refractivity contribution < 1.29 is 0 Å². The third kappa shape index (κ3) is 3.94. The van der Waals surface area contributed by atoms with Gasteiger partial charge in [-0.1, -0.05) is 12.1 Å². The molecule has 0 atom stereocenters. The van der Waals surface area contributed by atoms with E-state index in [9.17, 15) is 4.79 Å². The van der Waals surface area contributed by atoms with Crippen LogP contribution in [-0.2, 0) is 0 Å². The molecule has 5 heterocycles. The SMILES string of the molecule is Cc1cc(Nc2ncc3c(=O)n4c(nc3n2)c2ccccc2n4-c2cnccn2)ccc1N1CCN(C)CC1. The highest BCUT2D eigenvalue weighted by molar-refractivity contribution is 5.95. The number of hydrogen-bond acceptors (Lipinski definition) is 9. The maximum Gasteiger partial charge on any atom is 0.284 e. The van der Waals surface area contributed by atoms with Gasteiger partial charge >= 0.3 is 0 Å². The predicted molar refractivity (Wildman–Crippen MR) is 151 cm³/mol. The number of nitrogens with one attached hydrogen (secondary N) is 1. The number of anilines is 3. The molecule has 1 N–H and O–H groups in total. The third-order valence-electron chi connectivity index (χ3n) is 7.24. The Morgan fingerprint density at radius 1 is 0.897 bits per heavy atom. The number of benzene rings is 2. The van der Waals surface area contributed by atoms with E-state index in [1.807, 2.05) is 30.3 Å². The molecule has 6 aromatic rings. The maximum atomic E-state index is 13.7. The van der Waals surface area contributed by atoms with Crippen LogP contribution in [0.3, 0.4) is 0 Å². The quantitative estimate of drug-likeness (QED) is 0.376. The minimum absolute atomic E-state index is 0.282. The Morgan fingerprint density at radius 2 is 1.74 bits per heavy atom. The van der Waals surface area contributed by atoms with Gasteiger partial charge < -0.3 is 15.1 Å². The van der Waals surface area contributed by atoms with Crippen LogP contribution in [0.5, 0.6) is 0 Å². The Bertz CT molecular complexity index is 1910. The topological polar surface area (TPSA) is 109 Å². The van der Waals surface area contributed by atoms with Crippen LogP contribution in [0.4, 0.5) is 17.3 Å². The average Bonchev–Trinajstić information content (AvgIpc) is 3.29. The Balaban J connectivity index is 1.29. The zero-order valence-corrected chi connectivity index (χ0v) is 21.6. The summed E-state index contributed by atoms with van der Waals surface area (Å²) in [6.07, 6.45) is 6.33. The summed E-state index contributed by atoms with van der Waals surface area (Å²) in [5.74, 6) is 0.893. The smallest absolute Gasteiger partial charge is 0.284 e. The molecular weight excluding hydrogens is 492 g/mol. The lowest BCUT2D eigenvalue weighted by Gasteiger charge is -2.35. The van der Waals surface area contributed by atoms with E-state index >= 15 is 0 Å². The van der Waals surface area contributed by atoms with Gasteiger partial charge in [0, 0.05) is 61.5 Å². The number of likely N-dealkylation sites (N-methyl/N-ethyl adjacent to an activating group) is 1. The number of aromatic nitrogens is 7. The highest BCUT2D eigenvalue weighted by Crippen LogP contribution is 2.27. The van der Waals surface area contributed by atoms with Crippen molar-refractivity contribution in [2.45, 2.75) is 6.92 Å². The molecule has 1 aliphatic rings. The Kier molecular flexibility index (Phi) is 5.44. The largest absolute Gasteiger partial charge is 0.369 e. The van der Waals surface area contributed by atoms with E-state index in [2.05, 4.69) is 61.2 Å². The van der Waals surface area contributed by atoms with Crippen LogP contribution in [0.1, 0.15) is 5.56 Å². The van der Waals surface area contributed by atoms with Crippen molar-refractivity contribution in [3.05, 3.63) is 83.2 Å². The summed E-state index contributed by atoms with van der Waals surface area (Å²) < 4.78 is 3.23. The molecular formula is C28H26N10O. The second-order valence-corrected chi connectivity index (χ2v) is 9.79. The molecule has 7 rings (SSSR count). The minimum Gasteiger partial charge on any atom is -0.369 e. The van der Waals surface area contributed by atoms with Crippen molar-refractivity contribution in [3.8, 4) is 5.82 Å². The molecule has 39 heavy (non-hydrogen) atoms. The predicted octanol–water partition coefficient (Wildman–Crippen LogP) is 3.18. The molecule has 11 nitrogen and oxygen atoms in total. The number of hydrogen-bond donors (Lipinski definition) is 1. The molecule has 4 aromatic heterocycles. The van der Waals surface area contributed by atoms with E-state index in [-0.39, 0.29) is 5.56 Å². The van der Waals surface area contributed by atoms with E-state index in [1.165, 1.54) is 22.0 Å². The fourth-order valence-corrected chi connectivity index (χ4v) is 5.23. The Hall–Kier alpha value is -4.90. The first-order chi connectivity index (χ1) is 19.1. The molecule has 194 valence electrons. The molecule has 0 bridgehead atoms. The van der Waals surface area contributed by atoms with Crippen LogP contribution in [-0.4, -0.2) is 72.2 Å². The fourth-order valence-electron chi connectivity index (χ4n) is 5.23. The second kappa shape index (κ2) is 9.14. The molecule has 2 aromatic carbocycles. The molecule has 0 unspecified atom stereocenters. The number of rotatable bonds is 4. The van der Waals surface area contributed by atoms with Gasteiger partial charge in [-0.05, 0) is 49.9 Å². The average molecular weight is 519 g/mol. The van der Waals surface area contributed by atoms with E-state index in [0.29, 0.717) is 28.4 Å². The van der Waals surface area contributed by atoms with Gasteiger partial charge in [-0.25, -0.2) is 19.6 Å². The van der Waals surface area contributed by atoms with E-state index < -0.39 is 0 Å². The molecule has 11 heteroatoms. The second-order valence-electron chi connectivity index (χ2n) is 9.79. The first-order valence-corrected chi connectivity index (χ1v) is 12.8. The minimum atomic E-state index is -0.282. The molecule has 0 amide bonds. The summed E-state index contributed by atoms with van der Waals surface area (Å²) in [5.41, 5.74) is 4.62. The lowest BCUT2D eigenvalue weighted by atomic mass is 10.1. The third-order valence-corrected chi connectivity index (χ3v) is 7.24. The number of aryl methyl sites for hydroxylation is 1. The summed E-state index contributed by atoms with van der Waals surface area (Å²) in [5, 5.41) is 4.41. The first-order valence-electron chi connectivity index (χ1n) is 12.8. The molecule has 1 aliphatic heterocycles. The summed E-state index contributed by atoms with van der Waals surface area (Å²) in [6, 6.07) is 14.0. The van der Waals surface area contributed by atoms with Gasteiger partial charge in [0.1, 0.15) is 5.39 Å². The van der Waals surface area contributed by atoms with Crippen molar-refractivity contribution in [1.29, 1.82) is 0 Å². The summed E-state index contributed by atoms with van der Waals surface area (Å²) in [7, 11) is 2.16. The van der Waals surface area contributed by atoms with Crippen LogP contribution >= 0.6 is 0 Å². The fraction of sp³-hybridized carbons (Fsp3) is 0.214. The number of piperazine rings is 1. The number of nitrogens with zero attached hydrogens (tertiary/aromatic N) is 9. The lowest BCUT2D eigenvalue weighted by Crippen LogP contribution is -2.44. The number of fused-ring (bicyclic) bond motifs is 4. The molecule has 0 saturated carbocycles. The lowest BCUT2D eigenvalue weighted by molar-refractivity contribution is 0.312. The van der Waals surface area contributed by atoms with Gasteiger partial charge in [-0.2, -0.15) is 9.50 Å². The van der Waals surface area contributed by atoms with Crippen molar-refractivity contribution in [2.24, 2.45) is 0 Å². The molecule has 1 saturated heterocycles. The van der Waals surface area contributed by atoms with E-state index in [1.54, 1.807) is 23.3 Å². The van der Waals surface area contributed by atoms with Crippen molar-refractivity contribution in [3.63, 3.8) is 0 Å². The monoisotopic (exact) mass is 518 g/mol. The van der Waals surface area contributed by atoms with Crippen LogP contribution in [0.25, 0.3) is 33.4 Å². The molecule has 0 radical (unpaired) electrons. The Labute approximate surface area is 223 Å². The first kappa shape index (κ1) is 23.2. The molecule has 0 spiro atoms. The van der Waals surface area contributed by atoms with Crippen LogP contribution in [0.2, 0.25) is 0 Å². The maximum absolute atomic E-state index is 13.7. The normalized spacial score (nSPS) is 14.5. The van der Waals surface area contributed by atoms with Gasteiger partial charge in [0.15, 0.2) is 17.1 Å². The Morgan fingerprint density at radius 3 is 2.54 bits per heavy atom. The summed E-state index contributed by atoms with van der Waals surface area (Å²) >= 11 is 0. The molecule has 0 aliphatic carbocycles. The van der Waals surface area contributed by atoms with Crippen LogP contribution in [0.15, 0.2) is 72.0 Å². The van der Waals surface area contributed by atoms with Crippen LogP contribution in [0, 0.1) is 6.92 Å².